The van der Waals surface area contributed by atoms with E-state index in [9.17, 15) is 13.2 Å². The smallest absolute Gasteiger partial charge is 0.243 e. The van der Waals surface area contributed by atoms with Gasteiger partial charge >= 0.3 is 0 Å². The molecule has 0 saturated carbocycles. The van der Waals surface area contributed by atoms with Crippen LogP contribution in [0.5, 0.6) is 0 Å². The van der Waals surface area contributed by atoms with Gasteiger partial charge in [0.05, 0.1) is 10.1 Å². The van der Waals surface area contributed by atoms with Crippen molar-refractivity contribution in [2.24, 2.45) is 0 Å². The molecule has 6 nitrogen and oxygen atoms in total. The molecule has 30 heavy (non-hydrogen) atoms. The van der Waals surface area contributed by atoms with Crippen molar-refractivity contribution in [3.63, 3.8) is 0 Å². The van der Waals surface area contributed by atoms with E-state index in [0.29, 0.717) is 5.69 Å². The highest BCUT2D eigenvalue weighted by Gasteiger charge is 2.30. The van der Waals surface area contributed by atoms with E-state index in [2.05, 4.69) is 17.3 Å². The Morgan fingerprint density at radius 2 is 1.70 bits per heavy atom. The first-order valence-corrected chi connectivity index (χ1v) is 12.4. The zero-order valence-corrected chi connectivity index (χ0v) is 19.2. The minimum Gasteiger partial charge on any atom is -0.325 e. The molecule has 2 aromatic rings. The molecule has 1 fully saturated rings. The lowest BCUT2D eigenvalue weighted by Crippen LogP contribution is -2.44. The fourth-order valence-corrected chi connectivity index (χ4v) is 5.74. The van der Waals surface area contributed by atoms with Gasteiger partial charge in [0.25, 0.3) is 0 Å². The Balaban J connectivity index is 1.61. The topological polar surface area (TPSA) is 69.7 Å². The number of thioether (sulfide) groups is 1. The molecule has 0 aromatic heterocycles. The monoisotopic (exact) mass is 447 g/mol. The SMILES string of the molecule is CC(Sc1ccccc1)C(=O)Nc1ccc(S(=O)(=O)N(C)C2CCN(C)CC2)cc1. The van der Waals surface area contributed by atoms with E-state index in [1.165, 1.54) is 16.1 Å². The minimum atomic E-state index is -3.56. The summed E-state index contributed by atoms with van der Waals surface area (Å²) in [5.74, 6) is -0.122. The largest absolute Gasteiger partial charge is 0.325 e. The number of sulfonamides is 1. The zero-order valence-electron chi connectivity index (χ0n) is 17.6. The van der Waals surface area contributed by atoms with Crippen molar-refractivity contribution in [3.05, 3.63) is 54.6 Å². The average Bonchev–Trinajstić information content (AvgIpc) is 2.75. The Bertz CT molecular complexity index is 941. The van der Waals surface area contributed by atoms with Gasteiger partial charge in [0, 0.05) is 23.7 Å². The fraction of sp³-hybridized carbons (Fsp3) is 0.409. The van der Waals surface area contributed by atoms with Gasteiger partial charge in [-0.25, -0.2) is 8.42 Å². The summed E-state index contributed by atoms with van der Waals surface area (Å²) in [5.41, 5.74) is 0.585. The van der Waals surface area contributed by atoms with Crippen LogP contribution in [0.15, 0.2) is 64.4 Å². The van der Waals surface area contributed by atoms with Crippen molar-refractivity contribution < 1.29 is 13.2 Å². The van der Waals surface area contributed by atoms with Gasteiger partial charge in [0.2, 0.25) is 15.9 Å². The zero-order chi connectivity index (χ0) is 21.7. The van der Waals surface area contributed by atoms with Crippen molar-refractivity contribution in [1.82, 2.24) is 9.21 Å². The third-order valence-corrected chi connectivity index (χ3v) is 8.46. The van der Waals surface area contributed by atoms with Crippen LogP contribution in [-0.4, -0.2) is 62.0 Å². The van der Waals surface area contributed by atoms with Crippen LogP contribution < -0.4 is 5.32 Å². The molecule has 3 rings (SSSR count). The minimum absolute atomic E-state index is 0.0152. The maximum Gasteiger partial charge on any atom is 0.243 e. The Hall–Kier alpha value is -1.87. The third-order valence-electron chi connectivity index (χ3n) is 5.43. The van der Waals surface area contributed by atoms with E-state index < -0.39 is 10.0 Å². The molecule has 1 aliphatic rings. The molecule has 1 amide bonds. The summed E-state index contributed by atoms with van der Waals surface area (Å²) in [6.07, 6.45) is 1.66. The summed E-state index contributed by atoms with van der Waals surface area (Å²) in [4.78, 5) is 16.0. The van der Waals surface area contributed by atoms with Gasteiger partial charge in [0.1, 0.15) is 0 Å². The molecular weight excluding hydrogens is 418 g/mol. The number of hydrogen-bond acceptors (Lipinski definition) is 5. The molecule has 1 N–H and O–H groups in total. The average molecular weight is 448 g/mol. The van der Waals surface area contributed by atoms with Crippen LogP contribution >= 0.6 is 11.8 Å². The second-order valence-electron chi connectivity index (χ2n) is 7.64. The number of likely N-dealkylation sites (tertiary alicyclic amines) is 1. The standard InChI is InChI=1S/C22H29N3O3S2/c1-17(29-20-7-5-4-6-8-20)22(26)23-18-9-11-21(12-10-18)30(27,28)25(3)19-13-15-24(2)16-14-19/h4-12,17,19H,13-16H2,1-3H3,(H,23,26). The molecule has 1 aliphatic heterocycles. The Morgan fingerprint density at radius 3 is 2.30 bits per heavy atom. The number of rotatable bonds is 7. The van der Waals surface area contributed by atoms with Gasteiger partial charge in [0.15, 0.2) is 0 Å². The van der Waals surface area contributed by atoms with Crippen LogP contribution in [0.2, 0.25) is 0 Å². The predicted octanol–water partition coefficient (Wildman–Crippen LogP) is 3.52. The number of benzene rings is 2. The Kier molecular flexibility index (Phi) is 7.57. The Labute approximate surface area is 183 Å². The number of amides is 1. The first-order valence-electron chi connectivity index (χ1n) is 10.1. The summed E-state index contributed by atoms with van der Waals surface area (Å²) in [6, 6.07) is 16.2. The number of anilines is 1. The van der Waals surface area contributed by atoms with Crippen LogP contribution in [0, 0.1) is 0 Å². The second-order valence-corrected chi connectivity index (χ2v) is 11.1. The van der Waals surface area contributed by atoms with Crippen LogP contribution in [-0.2, 0) is 14.8 Å². The number of hydrogen-bond donors (Lipinski definition) is 1. The van der Waals surface area contributed by atoms with E-state index in [1.54, 1.807) is 31.3 Å². The van der Waals surface area contributed by atoms with E-state index in [4.69, 9.17) is 0 Å². The number of carbonyl (C=O) groups excluding carboxylic acids is 1. The first kappa shape index (κ1) is 22.8. The number of carbonyl (C=O) groups is 1. The third kappa shape index (κ3) is 5.63. The molecule has 0 bridgehead atoms. The molecule has 0 spiro atoms. The summed E-state index contributed by atoms with van der Waals surface area (Å²) < 4.78 is 27.5. The van der Waals surface area contributed by atoms with Crippen LogP contribution in [0.25, 0.3) is 0 Å². The molecule has 1 unspecified atom stereocenters. The van der Waals surface area contributed by atoms with Crippen molar-refractivity contribution in [2.75, 3.05) is 32.5 Å². The molecule has 0 aliphatic carbocycles. The van der Waals surface area contributed by atoms with E-state index in [1.807, 2.05) is 37.3 Å². The molecule has 162 valence electrons. The highest BCUT2D eigenvalue weighted by Crippen LogP contribution is 2.25. The van der Waals surface area contributed by atoms with Crippen molar-refractivity contribution >= 4 is 33.4 Å². The van der Waals surface area contributed by atoms with E-state index >= 15 is 0 Å². The number of nitrogens with zero attached hydrogens (tertiary/aromatic N) is 2. The molecule has 1 heterocycles. The lowest BCUT2D eigenvalue weighted by molar-refractivity contribution is -0.115. The predicted molar refractivity (Wildman–Crippen MR) is 122 cm³/mol. The normalized spacial score (nSPS) is 17.1. The van der Waals surface area contributed by atoms with Crippen molar-refractivity contribution in [2.45, 2.75) is 40.8 Å². The van der Waals surface area contributed by atoms with E-state index in [-0.39, 0.29) is 22.1 Å². The lowest BCUT2D eigenvalue weighted by Gasteiger charge is -2.34. The summed E-state index contributed by atoms with van der Waals surface area (Å²) in [7, 11) is 0.148. The molecule has 1 saturated heterocycles. The van der Waals surface area contributed by atoms with Gasteiger partial charge < -0.3 is 10.2 Å². The summed E-state index contributed by atoms with van der Waals surface area (Å²) in [5, 5.41) is 2.59. The van der Waals surface area contributed by atoms with Crippen LogP contribution in [0.4, 0.5) is 5.69 Å². The molecular formula is C22H29N3O3S2. The highest BCUT2D eigenvalue weighted by atomic mass is 32.2. The van der Waals surface area contributed by atoms with Gasteiger partial charge in [-0.05, 0) is 76.3 Å². The lowest BCUT2D eigenvalue weighted by atomic mass is 10.1. The first-order chi connectivity index (χ1) is 14.3. The number of piperidine rings is 1. The van der Waals surface area contributed by atoms with Gasteiger partial charge in [-0.15, -0.1) is 11.8 Å². The van der Waals surface area contributed by atoms with Crippen LogP contribution in [0.3, 0.4) is 0 Å². The van der Waals surface area contributed by atoms with E-state index in [0.717, 1.165) is 30.8 Å². The summed E-state index contributed by atoms with van der Waals surface area (Å²) in [6.45, 7) is 3.64. The second kappa shape index (κ2) is 9.96. The van der Waals surface area contributed by atoms with Gasteiger partial charge in [-0.2, -0.15) is 4.31 Å². The van der Waals surface area contributed by atoms with Gasteiger partial charge in [-0.1, -0.05) is 18.2 Å². The molecule has 8 heteroatoms. The maximum atomic E-state index is 13.0. The van der Waals surface area contributed by atoms with Gasteiger partial charge in [-0.3, -0.25) is 4.79 Å². The maximum absolute atomic E-state index is 13.0. The van der Waals surface area contributed by atoms with Crippen LogP contribution in [0.1, 0.15) is 19.8 Å². The molecule has 2 aromatic carbocycles. The van der Waals surface area contributed by atoms with Crippen molar-refractivity contribution in [1.29, 1.82) is 0 Å². The highest BCUT2D eigenvalue weighted by molar-refractivity contribution is 8.00. The molecule has 1 atom stereocenters. The number of nitrogens with one attached hydrogen (secondary N) is 1. The molecule has 0 radical (unpaired) electrons. The fourth-order valence-electron chi connectivity index (χ4n) is 3.43. The quantitative estimate of drug-likeness (QED) is 0.658. The summed E-state index contributed by atoms with van der Waals surface area (Å²) >= 11 is 1.48. The Morgan fingerprint density at radius 1 is 1.10 bits per heavy atom. The van der Waals surface area contributed by atoms with Crippen molar-refractivity contribution in [3.8, 4) is 0 Å².